The molecule has 0 aliphatic carbocycles. The summed E-state index contributed by atoms with van der Waals surface area (Å²) in [6.45, 7) is 6.52. The van der Waals surface area contributed by atoms with Crippen molar-refractivity contribution >= 4 is 40.9 Å². The number of carbonyl (C=O) groups is 3. The van der Waals surface area contributed by atoms with E-state index in [1.54, 1.807) is 33.8 Å². The first-order valence-electron chi connectivity index (χ1n) is 14.5. The monoisotopic (exact) mass is 669 g/mol. The third-order valence-corrected chi connectivity index (χ3v) is 7.84. The molecule has 45 heavy (non-hydrogen) atoms. The third-order valence-electron chi connectivity index (χ3n) is 7.11. The molecule has 5 atom stereocenters. The van der Waals surface area contributed by atoms with Crippen LogP contribution < -0.4 is 10.1 Å². The predicted molar refractivity (Wildman–Crippen MR) is 166 cm³/mol. The lowest BCUT2D eigenvalue weighted by Gasteiger charge is -2.41. The zero-order valence-corrected chi connectivity index (χ0v) is 27.5. The minimum atomic E-state index is -1.48. The number of esters is 1. The molecule has 11 nitrogen and oxygen atoms in total. The Kier molecular flexibility index (Phi) is 13.2. The van der Waals surface area contributed by atoms with Crippen LogP contribution in [0.5, 0.6) is 5.75 Å². The summed E-state index contributed by atoms with van der Waals surface area (Å²) in [5, 5.41) is 33.0. The van der Waals surface area contributed by atoms with E-state index in [1.165, 1.54) is 13.2 Å². The van der Waals surface area contributed by atoms with Crippen molar-refractivity contribution in [1.29, 1.82) is 0 Å². The van der Waals surface area contributed by atoms with Crippen molar-refractivity contribution < 1.29 is 48.7 Å². The van der Waals surface area contributed by atoms with Gasteiger partial charge < -0.3 is 39.6 Å². The van der Waals surface area contributed by atoms with Gasteiger partial charge in [0.05, 0.1) is 16.7 Å². The summed E-state index contributed by atoms with van der Waals surface area (Å²) in [7, 11) is 1.30. The molecule has 1 aliphatic rings. The highest BCUT2D eigenvalue weighted by Gasteiger charge is 2.45. The zero-order valence-electron chi connectivity index (χ0n) is 26.0. The van der Waals surface area contributed by atoms with E-state index in [0.29, 0.717) is 12.0 Å². The maximum absolute atomic E-state index is 13.2. The molecule has 248 valence electrons. The van der Waals surface area contributed by atoms with Crippen LogP contribution in [0.4, 0.5) is 0 Å². The zero-order chi connectivity index (χ0) is 33.5. The van der Waals surface area contributed by atoms with Crippen LogP contribution in [0.2, 0.25) is 10.0 Å². The number of amides is 1. The molecule has 0 radical (unpaired) electrons. The quantitative estimate of drug-likeness (QED) is 0.232. The Morgan fingerprint density at radius 2 is 1.73 bits per heavy atom. The van der Waals surface area contributed by atoms with Crippen LogP contribution in [0.1, 0.15) is 67.1 Å². The molecule has 2 aromatic rings. The molecule has 2 aromatic carbocycles. The molecule has 3 rings (SSSR count). The van der Waals surface area contributed by atoms with Crippen molar-refractivity contribution in [2.75, 3.05) is 13.7 Å². The highest BCUT2D eigenvalue weighted by molar-refractivity contribution is 6.38. The number of aliphatic hydroxyl groups is 3. The number of hydrogen-bond acceptors (Lipinski definition) is 10. The second kappa shape index (κ2) is 16.2. The summed E-state index contributed by atoms with van der Waals surface area (Å²) >= 11 is 13.1. The summed E-state index contributed by atoms with van der Waals surface area (Å²) in [6, 6.07) is 7.52. The van der Waals surface area contributed by atoms with Gasteiger partial charge in [0.2, 0.25) is 0 Å². The van der Waals surface area contributed by atoms with Crippen LogP contribution >= 0.6 is 23.2 Å². The molecule has 0 saturated carbocycles. The molecule has 13 heteroatoms. The largest absolute Gasteiger partial charge is 0.486 e. The molecule has 1 aliphatic heterocycles. The predicted octanol–water partition coefficient (Wildman–Crippen LogP) is 3.69. The molecular formula is C32H41Cl2NO10. The standard InChI is InChI=1S/C32H41Cl2NO10/c1-17-21(30(41)35-26-28(40)27(39)23(15-36)44-31(26)42-5)14-22(33)29(25(17)34)43-16-19-9-6-8-18(12-19)13-20(37)10-7-11-24(38)45-32(2,3)4/h6,8-9,12,14,23,26-28,31,36,39-40H,7,10-11,13,15-16H2,1-5H3,(H,35,41)/t23-,26-,27-,28-,31+/m1/s1. The number of carbonyl (C=O) groups excluding carboxylic acids is 3. The lowest BCUT2D eigenvalue weighted by Crippen LogP contribution is -2.64. The van der Waals surface area contributed by atoms with Crippen molar-refractivity contribution in [3.05, 3.63) is 62.6 Å². The topological polar surface area (TPSA) is 161 Å². The van der Waals surface area contributed by atoms with Gasteiger partial charge in [-0.15, -0.1) is 0 Å². The van der Waals surface area contributed by atoms with Gasteiger partial charge in [-0.1, -0.05) is 47.5 Å². The van der Waals surface area contributed by atoms with Crippen LogP contribution in [-0.4, -0.2) is 82.9 Å². The number of methoxy groups -OCH3 is 1. The number of ether oxygens (including phenoxy) is 4. The number of halogens is 2. The number of rotatable bonds is 13. The molecule has 1 heterocycles. The van der Waals surface area contributed by atoms with E-state index < -0.39 is 48.8 Å². The van der Waals surface area contributed by atoms with E-state index in [9.17, 15) is 29.7 Å². The first kappa shape index (κ1) is 36.7. The maximum atomic E-state index is 13.2. The van der Waals surface area contributed by atoms with Gasteiger partial charge in [-0.3, -0.25) is 14.4 Å². The van der Waals surface area contributed by atoms with Gasteiger partial charge in [0.1, 0.15) is 42.3 Å². The lowest BCUT2D eigenvalue weighted by molar-refractivity contribution is -0.261. The van der Waals surface area contributed by atoms with Gasteiger partial charge in [0, 0.05) is 31.9 Å². The van der Waals surface area contributed by atoms with Crippen molar-refractivity contribution in [3.8, 4) is 5.75 Å². The summed E-state index contributed by atoms with van der Waals surface area (Å²) in [6.07, 6.45) is -4.12. The molecule has 1 saturated heterocycles. The smallest absolute Gasteiger partial charge is 0.306 e. The van der Waals surface area contributed by atoms with Gasteiger partial charge in [-0.25, -0.2) is 0 Å². The lowest BCUT2D eigenvalue weighted by atomic mass is 9.96. The van der Waals surface area contributed by atoms with E-state index >= 15 is 0 Å². The third kappa shape index (κ3) is 10.1. The van der Waals surface area contributed by atoms with Gasteiger partial charge in [-0.05, 0) is 56.9 Å². The number of ketones is 1. The van der Waals surface area contributed by atoms with E-state index in [-0.39, 0.29) is 59.0 Å². The SMILES string of the molecule is CO[C@H]1O[C@H](CO)[C@@H](O)[C@H](O)[C@H]1NC(=O)c1cc(Cl)c(OCc2cccc(CC(=O)CCCC(=O)OC(C)(C)C)c2)c(Cl)c1C. The summed E-state index contributed by atoms with van der Waals surface area (Å²) < 4.78 is 21.9. The molecular weight excluding hydrogens is 629 g/mol. The number of hydrogen-bond donors (Lipinski definition) is 4. The second-order valence-electron chi connectivity index (χ2n) is 11.9. The van der Waals surface area contributed by atoms with E-state index in [1.807, 2.05) is 18.2 Å². The Morgan fingerprint density at radius 3 is 2.38 bits per heavy atom. The van der Waals surface area contributed by atoms with Crippen LogP contribution in [-0.2, 0) is 36.8 Å². The molecule has 1 amide bonds. The Balaban J connectivity index is 1.62. The Morgan fingerprint density at radius 1 is 1.04 bits per heavy atom. The van der Waals surface area contributed by atoms with Gasteiger partial charge in [0.25, 0.3) is 5.91 Å². The van der Waals surface area contributed by atoms with E-state index in [0.717, 1.165) is 11.1 Å². The number of nitrogens with one attached hydrogen (secondary N) is 1. The molecule has 1 fully saturated rings. The average molecular weight is 671 g/mol. The second-order valence-corrected chi connectivity index (χ2v) is 12.7. The first-order chi connectivity index (χ1) is 21.1. The fourth-order valence-corrected chi connectivity index (χ4v) is 5.42. The molecule has 0 spiro atoms. The number of Topliss-reactive ketones (excluding diaryl/α,β-unsaturated/α-hetero) is 1. The number of benzene rings is 2. The minimum absolute atomic E-state index is 0.000872. The van der Waals surface area contributed by atoms with Crippen molar-refractivity contribution in [2.24, 2.45) is 0 Å². The van der Waals surface area contributed by atoms with Crippen LogP contribution in [0.25, 0.3) is 0 Å². The van der Waals surface area contributed by atoms with Crippen molar-refractivity contribution in [2.45, 2.75) is 96.2 Å². The highest BCUT2D eigenvalue weighted by Crippen LogP contribution is 2.38. The van der Waals surface area contributed by atoms with Crippen LogP contribution in [0.3, 0.4) is 0 Å². The number of aliphatic hydroxyl groups excluding tert-OH is 3. The molecule has 0 aromatic heterocycles. The van der Waals surface area contributed by atoms with Gasteiger partial charge in [0.15, 0.2) is 12.0 Å². The van der Waals surface area contributed by atoms with Gasteiger partial charge in [-0.2, -0.15) is 0 Å². The van der Waals surface area contributed by atoms with Crippen molar-refractivity contribution in [1.82, 2.24) is 5.32 Å². The molecule has 0 unspecified atom stereocenters. The van der Waals surface area contributed by atoms with Gasteiger partial charge >= 0.3 is 5.97 Å². The average Bonchev–Trinajstić information content (AvgIpc) is 2.96. The molecule has 4 N–H and O–H groups in total. The molecule has 0 bridgehead atoms. The maximum Gasteiger partial charge on any atom is 0.306 e. The summed E-state index contributed by atoms with van der Waals surface area (Å²) in [4.78, 5) is 37.6. The normalized spacial score (nSPS) is 21.7. The first-order valence-corrected chi connectivity index (χ1v) is 15.3. The van der Waals surface area contributed by atoms with Crippen LogP contribution in [0, 0.1) is 6.92 Å². The van der Waals surface area contributed by atoms with E-state index in [4.69, 9.17) is 42.1 Å². The Labute approximate surface area is 272 Å². The summed E-state index contributed by atoms with van der Waals surface area (Å²) in [5.74, 6) is -0.826. The fourth-order valence-electron chi connectivity index (χ4n) is 4.85. The highest BCUT2D eigenvalue weighted by atomic mass is 35.5. The Bertz CT molecular complexity index is 1360. The van der Waals surface area contributed by atoms with E-state index in [2.05, 4.69) is 5.32 Å². The Hall–Kier alpha value is -2.77. The summed E-state index contributed by atoms with van der Waals surface area (Å²) in [5.41, 5.74) is 1.45. The van der Waals surface area contributed by atoms with Crippen molar-refractivity contribution in [3.63, 3.8) is 0 Å². The fraction of sp³-hybridized carbons (Fsp3) is 0.531. The minimum Gasteiger partial charge on any atom is -0.486 e. The van der Waals surface area contributed by atoms with Crippen LogP contribution in [0.15, 0.2) is 30.3 Å².